The molecule has 2 rings (SSSR count). The second-order valence-electron chi connectivity index (χ2n) is 5.32. The van der Waals surface area contributed by atoms with Gasteiger partial charge in [0.15, 0.2) is 5.01 Å². The lowest BCUT2D eigenvalue weighted by Crippen LogP contribution is -2.10. The molecule has 0 atom stereocenters. The van der Waals surface area contributed by atoms with Gasteiger partial charge < -0.3 is 10.1 Å². The van der Waals surface area contributed by atoms with E-state index in [2.05, 4.69) is 48.4 Å². The lowest BCUT2D eigenvalue weighted by atomic mass is 9.87. The highest BCUT2D eigenvalue weighted by Gasteiger charge is 2.14. The van der Waals surface area contributed by atoms with Gasteiger partial charge in [-0.25, -0.2) is 0 Å². The van der Waals surface area contributed by atoms with Crippen molar-refractivity contribution in [1.29, 1.82) is 0 Å². The zero-order valence-corrected chi connectivity index (χ0v) is 12.5. The van der Waals surface area contributed by atoms with E-state index in [0.717, 1.165) is 15.9 Å². The maximum Gasteiger partial charge on any atom is 0.205 e. The van der Waals surface area contributed by atoms with Gasteiger partial charge in [0.1, 0.15) is 12.4 Å². The summed E-state index contributed by atoms with van der Waals surface area (Å²) in [5, 5.41) is 12.7. The van der Waals surface area contributed by atoms with E-state index >= 15 is 0 Å². The topological polar surface area (TPSA) is 47.0 Å². The van der Waals surface area contributed by atoms with E-state index in [1.54, 1.807) is 0 Å². The molecule has 19 heavy (non-hydrogen) atoms. The van der Waals surface area contributed by atoms with Crippen LogP contribution in [0.25, 0.3) is 0 Å². The molecule has 102 valence electrons. The standard InChI is InChI=1S/C14H19N3OS/c1-14(2,3)10-6-5-7-11(8-10)18-9-12-16-17-13(15-4)19-12/h5-8H,9H2,1-4H3,(H,15,17). The van der Waals surface area contributed by atoms with Gasteiger partial charge in [-0.3, -0.25) is 0 Å². The maximum absolute atomic E-state index is 5.77. The molecule has 0 spiro atoms. The number of anilines is 1. The zero-order chi connectivity index (χ0) is 13.9. The van der Waals surface area contributed by atoms with Crippen LogP contribution in [0.5, 0.6) is 5.75 Å². The van der Waals surface area contributed by atoms with Crippen molar-refractivity contribution in [3.8, 4) is 5.75 Å². The van der Waals surface area contributed by atoms with E-state index < -0.39 is 0 Å². The fourth-order valence-corrected chi connectivity index (χ4v) is 2.22. The first-order valence-electron chi connectivity index (χ1n) is 6.22. The van der Waals surface area contributed by atoms with E-state index in [9.17, 15) is 0 Å². The predicted octanol–water partition coefficient (Wildman–Crippen LogP) is 3.46. The van der Waals surface area contributed by atoms with Crippen molar-refractivity contribution in [2.75, 3.05) is 12.4 Å². The molecule has 1 aromatic carbocycles. The van der Waals surface area contributed by atoms with E-state index in [1.165, 1.54) is 16.9 Å². The van der Waals surface area contributed by atoms with Gasteiger partial charge in [0.05, 0.1) is 0 Å². The summed E-state index contributed by atoms with van der Waals surface area (Å²) >= 11 is 1.50. The number of aromatic nitrogens is 2. The van der Waals surface area contributed by atoms with Crippen LogP contribution in [0.1, 0.15) is 31.3 Å². The van der Waals surface area contributed by atoms with E-state index in [1.807, 2.05) is 19.2 Å². The van der Waals surface area contributed by atoms with Crippen molar-refractivity contribution in [1.82, 2.24) is 10.2 Å². The molecule has 1 N–H and O–H groups in total. The normalized spacial score (nSPS) is 11.4. The van der Waals surface area contributed by atoms with E-state index in [0.29, 0.717) is 6.61 Å². The Bertz CT molecular complexity index is 546. The highest BCUT2D eigenvalue weighted by Crippen LogP contribution is 2.26. The fraction of sp³-hybridized carbons (Fsp3) is 0.429. The summed E-state index contributed by atoms with van der Waals surface area (Å²) < 4.78 is 5.77. The summed E-state index contributed by atoms with van der Waals surface area (Å²) in [6.45, 7) is 7.02. The van der Waals surface area contributed by atoms with Gasteiger partial charge in [0.25, 0.3) is 0 Å². The minimum atomic E-state index is 0.126. The van der Waals surface area contributed by atoms with Crippen LogP contribution in [-0.4, -0.2) is 17.2 Å². The Labute approximate surface area is 117 Å². The van der Waals surface area contributed by atoms with Crippen molar-refractivity contribution in [2.24, 2.45) is 0 Å². The quantitative estimate of drug-likeness (QED) is 0.929. The first-order chi connectivity index (χ1) is 8.99. The van der Waals surface area contributed by atoms with E-state index in [4.69, 9.17) is 4.74 Å². The molecule has 0 aliphatic rings. The van der Waals surface area contributed by atoms with Crippen LogP contribution in [0.15, 0.2) is 24.3 Å². The number of rotatable bonds is 4. The molecule has 0 aliphatic carbocycles. The Hall–Kier alpha value is -1.62. The molecular weight excluding hydrogens is 258 g/mol. The van der Waals surface area contributed by atoms with Crippen LogP contribution in [0.4, 0.5) is 5.13 Å². The molecule has 1 heterocycles. The number of nitrogens with one attached hydrogen (secondary N) is 1. The number of benzene rings is 1. The molecule has 0 unspecified atom stereocenters. The molecule has 5 heteroatoms. The largest absolute Gasteiger partial charge is 0.486 e. The first-order valence-corrected chi connectivity index (χ1v) is 7.04. The summed E-state index contributed by atoms with van der Waals surface area (Å²) in [7, 11) is 1.83. The van der Waals surface area contributed by atoms with Gasteiger partial charge in [-0.2, -0.15) is 0 Å². The molecule has 2 aromatic rings. The van der Waals surface area contributed by atoms with Crippen LogP contribution in [0.2, 0.25) is 0 Å². The van der Waals surface area contributed by atoms with Crippen LogP contribution in [0.3, 0.4) is 0 Å². The van der Waals surface area contributed by atoms with Crippen molar-refractivity contribution in [3.63, 3.8) is 0 Å². The van der Waals surface area contributed by atoms with Crippen LogP contribution in [-0.2, 0) is 12.0 Å². The van der Waals surface area contributed by atoms with Crippen LogP contribution >= 0.6 is 11.3 Å². The lowest BCUT2D eigenvalue weighted by molar-refractivity contribution is 0.303. The number of hydrogen-bond donors (Lipinski definition) is 1. The monoisotopic (exact) mass is 277 g/mol. The van der Waals surface area contributed by atoms with Crippen LogP contribution < -0.4 is 10.1 Å². The third kappa shape index (κ3) is 3.67. The summed E-state index contributed by atoms with van der Waals surface area (Å²) in [5.74, 6) is 0.869. The molecule has 0 fully saturated rings. The minimum Gasteiger partial charge on any atom is -0.486 e. The number of nitrogens with zero attached hydrogens (tertiary/aromatic N) is 2. The van der Waals surface area contributed by atoms with Gasteiger partial charge in [0, 0.05) is 7.05 Å². The highest BCUT2D eigenvalue weighted by atomic mass is 32.1. The van der Waals surface area contributed by atoms with Crippen molar-refractivity contribution in [3.05, 3.63) is 34.8 Å². The molecule has 0 saturated heterocycles. The summed E-state index contributed by atoms with van der Waals surface area (Å²) in [6, 6.07) is 8.20. The van der Waals surface area contributed by atoms with Crippen molar-refractivity contribution in [2.45, 2.75) is 32.8 Å². The summed E-state index contributed by atoms with van der Waals surface area (Å²) in [5.41, 5.74) is 1.39. The third-order valence-corrected chi connectivity index (χ3v) is 3.66. The predicted molar refractivity (Wildman–Crippen MR) is 78.9 cm³/mol. The molecule has 1 aromatic heterocycles. The maximum atomic E-state index is 5.77. The Kier molecular flexibility index (Phi) is 4.04. The Balaban J connectivity index is 2.03. The second-order valence-corrected chi connectivity index (χ2v) is 6.38. The smallest absolute Gasteiger partial charge is 0.205 e. The van der Waals surface area contributed by atoms with Gasteiger partial charge in [-0.15, -0.1) is 10.2 Å². The molecule has 0 saturated carbocycles. The minimum absolute atomic E-state index is 0.126. The van der Waals surface area contributed by atoms with Crippen molar-refractivity contribution < 1.29 is 4.74 Å². The van der Waals surface area contributed by atoms with Gasteiger partial charge in [0.2, 0.25) is 5.13 Å². The Morgan fingerprint density at radius 2 is 2.05 bits per heavy atom. The van der Waals surface area contributed by atoms with Crippen molar-refractivity contribution >= 4 is 16.5 Å². The lowest BCUT2D eigenvalue weighted by Gasteiger charge is -2.19. The molecular formula is C14H19N3OS. The SMILES string of the molecule is CNc1nnc(COc2cccc(C(C)(C)C)c2)s1. The summed E-state index contributed by atoms with van der Waals surface area (Å²) in [6.07, 6.45) is 0. The average Bonchev–Trinajstić information content (AvgIpc) is 2.84. The zero-order valence-electron chi connectivity index (χ0n) is 11.7. The molecule has 0 aliphatic heterocycles. The first kappa shape index (κ1) is 13.8. The third-order valence-electron chi connectivity index (χ3n) is 2.74. The molecule has 0 amide bonds. The van der Waals surface area contributed by atoms with Gasteiger partial charge in [-0.05, 0) is 23.1 Å². The number of hydrogen-bond acceptors (Lipinski definition) is 5. The number of ether oxygens (including phenoxy) is 1. The Morgan fingerprint density at radius 1 is 1.26 bits per heavy atom. The fourth-order valence-electron chi connectivity index (χ4n) is 1.61. The molecule has 4 nitrogen and oxygen atoms in total. The second kappa shape index (κ2) is 5.57. The average molecular weight is 277 g/mol. The molecule has 0 bridgehead atoms. The van der Waals surface area contributed by atoms with E-state index in [-0.39, 0.29) is 5.41 Å². The van der Waals surface area contributed by atoms with Gasteiger partial charge >= 0.3 is 0 Å². The Morgan fingerprint density at radius 3 is 2.68 bits per heavy atom. The summed E-state index contributed by atoms with van der Waals surface area (Å²) in [4.78, 5) is 0. The highest BCUT2D eigenvalue weighted by molar-refractivity contribution is 7.15. The van der Waals surface area contributed by atoms with Crippen LogP contribution in [0, 0.1) is 0 Å². The van der Waals surface area contributed by atoms with Gasteiger partial charge in [-0.1, -0.05) is 44.2 Å². The molecule has 0 radical (unpaired) electrons.